The molecule has 0 fully saturated rings. The number of benzene rings is 2. The average Bonchev–Trinajstić information content (AvgIpc) is 2.40. The van der Waals surface area contributed by atoms with E-state index in [9.17, 15) is 0 Å². The van der Waals surface area contributed by atoms with Gasteiger partial charge in [0.05, 0.1) is 6.04 Å². The van der Waals surface area contributed by atoms with Gasteiger partial charge in [-0.1, -0.05) is 42.0 Å². The molecule has 0 amide bonds. The molecule has 18 heavy (non-hydrogen) atoms. The number of aryl methyl sites for hydroxylation is 2. The Hall–Kier alpha value is -1.80. The van der Waals surface area contributed by atoms with Crippen LogP contribution in [-0.4, -0.2) is 6.61 Å². The summed E-state index contributed by atoms with van der Waals surface area (Å²) in [7, 11) is 0. The SMILES string of the molecule is Cc1ccc(C)c(C(N)COc2ccccc2)c1. The molecule has 2 heteroatoms. The highest BCUT2D eigenvalue weighted by molar-refractivity contribution is 5.33. The van der Waals surface area contributed by atoms with Gasteiger partial charge in [0.25, 0.3) is 0 Å². The van der Waals surface area contributed by atoms with Crippen LogP contribution in [0.25, 0.3) is 0 Å². The topological polar surface area (TPSA) is 35.2 Å². The van der Waals surface area contributed by atoms with Crippen molar-refractivity contribution >= 4 is 0 Å². The van der Waals surface area contributed by atoms with Gasteiger partial charge in [-0.25, -0.2) is 0 Å². The predicted molar refractivity (Wildman–Crippen MR) is 74.8 cm³/mol. The van der Waals surface area contributed by atoms with E-state index in [1.165, 1.54) is 11.1 Å². The molecule has 0 spiro atoms. The summed E-state index contributed by atoms with van der Waals surface area (Å²) in [5, 5.41) is 0. The molecule has 0 saturated heterocycles. The van der Waals surface area contributed by atoms with E-state index < -0.39 is 0 Å². The molecule has 2 rings (SSSR count). The van der Waals surface area contributed by atoms with E-state index in [1.54, 1.807) is 0 Å². The summed E-state index contributed by atoms with van der Waals surface area (Å²) in [5.74, 6) is 0.859. The highest BCUT2D eigenvalue weighted by Crippen LogP contribution is 2.19. The van der Waals surface area contributed by atoms with Crippen LogP contribution < -0.4 is 10.5 Å². The summed E-state index contributed by atoms with van der Waals surface area (Å²) >= 11 is 0. The van der Waals surface area contributed by atoms with E-state index in [-0.39, 0.29) is 6.04 Å². The fraction of sp³-hybridized carbons (Fsp3) is 0.250. The first-order valence-corrected chi connectivity index (χ1v) is 6.17. The lowest BCUT2D eigenvalue weighted by Crippen LogP contribution is -2.20. The quantitative estimate of drug-likeness (QED) is 0.890. The van der Waals surface area contributed by atoms with Crippen LogP contribution in [0.5, 0.6) is 5.75 Å². The third-order valence-electron chi connectivity index (χ3n) is 3.01. The lowest BCUT2D eigenvalue weighted by atomic mass is 10.00. The molecule has 0 heterocycles. The Morgan fingerprint density at radius 2 is 1.78 bits per heavy atom. The van der Waals surface area contributed by atoms with Crippen molar-refractivity contribution in [3.63, 3.8) is 0 Å². The minimum Gasteiger partial charge on any atom is -0.492 e. The van der Waals surface area contributed by atoms with Gasteiger partial charge in [-0.15, -0.1) is 0 Å². The molecule has 2 N–H and O–H groups in total. The second-order valence-corrected chi connectivity index (χ2v) is 4.59. The van der Waals surface area contributed by atoms with E-state index in [1.807, 2.05) is 30.3 Å². The maximum Gasteiger partial charge on any atom is 0.119 e. The highest BCUT2D eigenvalue weighted by Gasteiger charge is 2.10. The Morgan fingerprint density at radius 1 is 1.06 bits per heavy atom. The highest BCUT2D eigenvalue weighted by atomic mass is 16.5. The van der Waals surface area contributed by atoms with Crippen LogP contribution in [0.3, 0.4) is 0 Å². The molecule has 0 aliphatic carbocycles. The first kappa shape index (κ1) is 12.7. The molecule has 0 aliphatic rings. The van der Waals surface area contributed by atoms with Crippen molar-refractivity contribution in [2.24, 2.45) is 5.73 Å². The van der Waals surface area contributed by atoms with Gasteiger partial charge >= 0.3 is 0 Å². The molecule has 0 radical (unpaired) electrons. The molecule has 0 aliphatic heterocycles. The van der Waals surface area contributed by atoms with Crippen molar-refractivity contribution in [1.82, 2.24) is 0 Å². The smallest absolute Gasteiger partial charge is 0.119 e. The molecule has 94 valence electrons. The molecular formula is C16H19NO. The zero-order valence-electron chi connectivity index (χ0n) is 10.9. The number of para-hydroxylation sites is 1. The molecule has 2 aromatic carbocycles. The van der Waals surface area contributed by atoms with Crippen LogP contribution in [0.2, 0.25) is 0 Å². The lowest BCUT2D eigenvalue weighted by Gasteiger charge is -2.16. The Morgan fingerprint density at radius 3 is 2.50 bits per heavy atom. The summed E-state index contributed by atoms with van der Waals surface area (Å²) in [6.07, 6.45) is 0. The Kier molecular flexibility index (Phi) is 4.00. The standard InChI is InChI=1S/C16H19NO/c1-12-8-9-13(2)15(10-12)16(17)11-18-14-6-4-3-5-7-14/h3-10,16H,11,17H2,1-2H3. The van der Waals surface area contributed by atoms with Crippen molar-refractivity contribution in [1.29, 1.82) is 0 Å². The van der Waals surface area contributed by atoms with Crippen LogP contribution in [0.15, 0.2) is 48.5 Å². The first-order chi connectivity index (χ1) is 8.66. The largest absolute Gasteiger partial charge is 0.492 e. The van der Waals surface area contributed by atoms with Crippen molar-refractivity contribution in [2.45, 2.75) is 19.9 Å². The van der Waals surface area contributed by atoms with E-state index in [2.05, 4.69) is 32.0 Å². The summed E-state index contributed by atoms with van der Waals surface area (Å²) in [6.45, 7) is 4.65. The van der Waals surface area contributed by atoms with Gasteiger partial charge in [0.15, 0.2) is 0 Å². The van der Waals surface area contributed by atoms with Gasteiger partial charge in [-0.05, 0) is 37.1 Å². The molecule has 1 unspecified atom stereocenters. The van der Waals surface area contributed by atoms with Gasteiger partial charge in [0.2, 0.25) is 0 Å². The normalized spacial score (nSPS) is 12.2. The fourth-order valence-electron chi connectivity index (χ4n) is 1.95. The monoisotopic (exact) mass is 241 g/mol. The van der Waals surface area contributed by atoms with E-state index in [0.717, 1.165) is 11.3 Å². The average molecular weight is 241 g/mol. The van der Waals surface area contributed by atoms with Crippen LogP contribution in [0.1, 0.15) is 22.7 Å². The summed E-state index contributed by atoms with van der Waals surface area (Å²) in [5.41, 5.74) is 9.79. The van der Waals surface area contributed by atoms with Crippen molar-refractivity contribution in [3.8, 4) is 5.75 Å². The third kappa shape index (κ3) is 3.11. The summed E-state index contributed by atoms with van der Waals surface area (Å²) in [6, 6.07) is 16.0. The molecule has 0 aromatic heterocycles. The minimum absolute atomic E-state index is 0.0925. The molecule has 0 bridgehead atoms. The zero-order chi connectivity index (χ0) is 13.0. The first-order valence-electron chi connectivity index (χ1n) is 6.17. The Labute approximate surface area is 108 Å². The molecule has 2 nitrogen and oxygen atoms in total. The molecular weight excluding hydrogens is 222 g/mol. The van der Waals surface area contributed by atoms with Crippen molar-refractivity contribution in [3.05, 3.63) is 65.2 Å². The number of nitrogens with two attached hydrogens (primary N) is 1. The fourth-order valence-corrected chi connectivity index (χ4v) is 1.95. The van der Waals surface area contributed by atoms with Crippen LogP contribution in [-0.2, 0) is 0 Å². The van der Waals surface area contributed by atoms with Gasteiger partial charge in [0, 0.05) is 0 Å². The maximum atomic E-state index is 6.19. The third-order valence-corrected chi connectivity index (χ3v) is 3.01. The predicted octanol–water partition coefficient (Wildman–Crippen LogP) is 3.38. The van der Waals surface area contributed by atoms with Gasteiger partial charge in [-0.2, -0.15) is 0 Å². The summed E-state index contributed by atoms with van der Waals surface area (Å²) < 4.78 is 5.69. The lowest BCUT2D eigenvalue weighted by molar-refractivity contribution is 0.290. The van der Waals surface area contributed by atoms with Gasteiger partial charge in [0.1, 0.15) is 12.4 Å². The number of hydrogen-bond donors (Lipinski definition) is 1. The number of rotatable bonds is 4. The second kappa shape index (κ2) is 5.69. The number of hydrogen-bond acceptors (Lipinski definition) is 2. The Balaban J connectivity index is 2.03. The van der Waals surface area contributed by atoms with Crippen molar-refractivity contribution < 1.29 is 4.74 Å². The molecule has 1 atom stereocenters. The van der Waals surface area contributed by atoms with Gasteiger partial charge < -0.3 is 10.5 Å². The van der Waals surface area contributed by atoms with E-state index >= 15 is 0 Å². The second-order valence-electron chi connectivity index (χ2n) is 4.59. The maximum absolute atomic E-state index is 6.19. The van der Waals surface area contributed by atoms with Crippen LogP contribution in [0, 0.1) is 13.8 Å². The minimum atomic E-state index is -0.0925. The number of ether oxygens (including phenoxy) is 1. The zero-order valence-corrected chi connectivity index (χ0v) is 10.9. The Bertz CT molecular complexity index is 508. The van der Waals surface area contributed by atoms with Crippen molar-refractivity contribution in [2.75, 3.05) is 6.61 Å². The van der Waals surface area contributed by atoms with Crippen LogP contribution in [0.4, 0.5) is 0 Å². The summed E-state index contributed by atoms with van der Waals surface area (Å²) in [4.78, 5) is 0. The molecule has 0 saturated carbocycles. The van der Waals surface area contributed by atoms with Crippen LogP contribution >= 0.6 is 0 Å². The van der Waals surface area contributed by atoms with Gasteiger partial charge in [-0.3, -0.25) is 0 Å². The van der Waals surface area contributed by atoms with E-state index in [4.69, 9.17) is 10.5 Å². The van der Waals surface area contributed by atoms with E-state index in [0.29, 0.717) is 6.61 Å². The molecule has 2 aromatic rings.